The number of carbonyl (C=O) groups excluding carboxylic acids is 1. The lowest BCUT2D eigenvalue weighted by atomic mass is 10.3. The highest BCUT2D eigenvalue weighted by atomic mass is 32.1. The fourth-order valence-corrected chi connectivity index (χ4v) is 4.26. The van der Waals surface area contributed by atoms with Crippen molar-refractivity contribution in [3.05, 3.63) is 44.0 Å². The lowest BCUT2D eigenvalue weighted by molar-refractivity contribution is -0.120. The molecule has 3 heterocycles. The summed E-state index contributed by atoms with van der Waals surface area (Å²) in [4.78, 5) is 30.4. The molecule has 1 amide bonds. The van der Waals surface area contributed by atoms with Crippen LogP contribution in [0.4, 0.5) is 0 Å². The van der Waals surface area contributed by atoms with Gasteiger partial charge >= 0.3 is 0 Å². The molecular formula is C16H18N4O2S2. The molecule has 24 heavy (non-hydrogen) atoms. The van der Waals surface area contributed by atoms with Crippen LogP contribution in [0.2, 0.25) is 0 Å². The van der Waals surface area contributed by atoms with Crippen molar-refractivity contribution in [2.24, 2.45) is 0 Å². The third-order valence-electron chi connectivity index (χ3n) is 4.11. The van der Waals surface area contributed by atoms with E-state index in [9.17, 15) is 9.59 Å². The van der Waals surface area contributed by atoms with Crippen LogP contribution in [0, 0.1) is 0 Å². The summed E-state index contributed by atoms with van der Waals surface area (Å²) < 4.78 is 2.89. The summed E-state index contributed by atoms with van der Waals surface area (Å²) in [6.45, 7) is 2.39. The van der Waals surface area contributed by atoms with Gasteiger partial charge in [-0.2, -0.15) is 0 Å². The molecule has 1 aromatic rings. The molecule has 2 aliphatic rings. The smallest absolute Gasteiger partial charge is 0.279 e. The molecule has 1 fully saturated rings. The van der Waals surface area contributed by atoms with Gasteiger partial charge in [0.2, 0.25) is 0 Å². The van der Waals surface area contributed by atoms with Crippen LogP contribution in [-0.4, -0.2) is 51.4 Å². The van der Waals surface area contributed by atoms with E-state index in [4.69, 9.17) is 12.2 Å². The average Bonchev–Trinajstić information content (AvgIpc) is 2.98. The van der Waals surface area contributed by atoms with Crippen LogP contribution < -0.4 is 14.8 Å². The SMILES string of the molecule is CCn1c(=C2C(=O)N(C)C(=S)N2C)sc(=C2C=CC=CN2C)c1=O. The van der Waals surface area contributed by atoms with Crippen molar-refractivity contribution >= 4 is 46.0 Å². The summed E-state index contributed by atoms with van der Waals surface area (Å²) in [5.74, 6) is -0.185. The normalized spacial score (nSPS) is 22.2. The highest BCUT2D eigenvalue weighted by Gasteiger charge is 2.35. The van der Waals surface area contributed by atoms with Gasteiger partial charge in [0, 0.05) is 33.9 Å². The van der Waals surface area contributed by atoms with E-state index in [0.717, 1.165) is 5.70 Å². The number of thiocarbonyl (C=S) groups is 1. The predicted octanol–water partition coefficient (Wildman–Crippen LogP) is -0.150. The average molecular weight is 362 g/mol. The Kier molecular flexibility index (Phi) is 4.18. The van der Waals surface area contributed by atoms with E-state index in [1.165, 1.54) is 16.2 Å². The van der Waals surface area contributed by atoms with Crippen molar-refractivity contribution in [1.29, 1.82) is 0 Å². The Morgan fingerprint density at radius 2 is 1.83 bits per heavy atom. The number of thiazole rings is 1. The summed E-state index contributed by atoms with van der Waals surface area (Å²) in [7, 11) is 5.30. The molecule has 8 heteroatoms. The minimum Gasteiger partial charge on any atom is -0.350 e. The highest BCUT2D eigenvalue weighted by molar-refractivity contribution is 7.80. The van der Waals surface area contributed by atoms with Gasteiger partial charge in [-0.25, -0.2) is 0 Å². The highest BCUT2D eigenvalue weighted by Crippen LogP contribution is 2.17. The molecule has 0 spiro atoms. The second kappa shape index (κ2) is 6.03. The van der Waals surface area contributed by atoms with Gasteiger partial charge in [0.25, 0.3) is 11.5 Å². The molecule has 0 aliphatic carbocycles. The van der Waals surface area contributed by atoms with Crippen LogP contribution >= 0.6 is 23.6 Å². The Hall–Kier alpha value is -2.19. The van der Waals surface area contributed by atoms with Crippen LogP contribution in [0.3, 0.4) is 0 Å². The molecule has 3 rings (SSSR count). The fourth-order valence-electron chi connectivity index (χ4n) is 2.74. The summed E-state index contributed by atoms with van der Waals surface area (Å²) in [5.41, 5.74) is 1.19. The molecule has 1 saturated heterocycles. The van der Waals surface area contributed by atoms with Crippen molar-refractivity contribution in [2.45, 2.75) is 13.5 Å². The topological polar surface area (TPSA) is 48.8 Å². The van der Waals surface area contributed by atoms with Gasteiger partial charge in [-0.3, -0.25) is 19.1 Å². The predicted molar refractivity (Wildman–Crippen MR) is 99.5 cm³/mol. The molecule has 0 unspecified atom stereocenters. The molecule has 0 saturated carbocycles. The fraction of sp³-hybridized carbons (Fsp3) is 0.312. The van der Waals surface area contributed by atoms with Crippen molar-refractivity contribution in [1.82, 2.24) is 19.3 Å². The maximum atomic E-state index is 12.9. The Morgan fingerprint density at radius 1 is 1.12 bits per heavy atom. The first kappa shape index (κ1) is 16.7. The third kappa shape index (κ3) is 2.33. The Bertz CT molecular complexity index is 967. The van der Waals surface area contributed by atoms with E-state index in [1.807, 2.05) is 43.3 Å². The number of aromatic nitrogens is 1. The third-order valence-corrected chi connectivity index (χ3v) is 5.85. The number of allylic oxidation sites excluding steroid dienone is 2. The largest absolute Gasteiger partial charge is 0.350 e. The first-order chi connectivity index (χ1) is 11.4. The van der Waals surface area contributed by atoms with E-state index in [-0.39, 0.29) is 11.5 Å². The van der Waals surface area contributed by atoms with Gasteiger partial charge in [0.05, 0.1) is 5.70 Å². The maximum Gasteiger partial charge on any atom is 0.279 e. The molecule has 126 valence electrons. The van der Waals surface area contributed by atoms with Gasteiger partial charge in [-0.05, 0) is 31.3 Å². The molecule has 0 N–H and O–H groups in total. The zero-order chi connectivity index (χ0) is 17.6. The van der Waals surface area contributed by atoms with Crippen molar-refractivity contribution in [3.63, 3.8) is 0 Å². The van der Waals surface area contributed by atoms with Crippen LogP contribution in [0.1, 0.15) is 6.92 Å². The quantitative estimate of drug-likeness (QED) is 0.651. The molecule has 0 bridgehead atoms. The van der Waals surface area contributed by atoms with E-state index in [0.29, 0.717) is 26.5 Å². The lowest BCUT2D eigenvalue weighted by Gasteiger charge is -2.16. The summed E-state index contributed by atoms with van der Waals surface area (Å²) in [6, 6.07) is 0. The molecule has 0 aromatic carbocycles. The Balaban J connectivity index is 2.42. The Morgan fingerprint density at radius 3 is 2.38 bits per heavy atom. The first-order valence-electron chi connectivity index (χ1n) is 7.50. The summed E-state index contributed by atoms with van der Waals surface area (Å²) >= 11 is 6.61. The van der Waals surface area contributed by atoms with Gasteiger partial charge < -0.3 is 9.80 Å². The molecule has 2 aliphatic heterocycles. The molecular weight excluding hydrogens is 344 g/mol. The maximum absolute atomic E-state index is 12.9. The zero-order valence-electron chi connectivity index (χ0n) is 13.9. The number of rotatable bonds is 1. The summed E-state index contributed by atoms with van der Waals surface area (Å²) in [6.07, 6.45) is 7.60. The number of hydrogen-bond donors (Lipinski definition) is 0. The van der Waals surface area contributed by atoms with Crippen molar-refractivity contribution in [2.75, 3.05) is 21.1 Å². The molecule has 1 aromatic heterocycles. The van der Waals surface area contributed by atoms with Crippen LogP contribution in [0.25, 0.3) is 11.4 Å². The Labute approximate surface area is 148 Å². The first-order valence-corrected chi connectivity index (χ1v) is 8.72. The van der Waals surface area contributed by atoms with Gasteiger partial charge in [0.15, 0.2) is 5.11 Å². The van der Waals surface area contributed by atoms with Crippen molar-refractivity contribution < 1.29 is 4.79 Å². The molecule has 0 radical (unpaired) electrons. The standard InChI is InChI=1S/C16H18N4O2S2/c1-5-20-14(22)12(10-8-6-7-9-17(10)2)24-15(20)11-13(21)19(4)16(23)18(11)3/h6-9H,5H2,1-4H3. The van der Waals surface area contributed by atoms with E-state index in [1.54, 1.807) is 23.6 Å². The van der Waals surface area contributed by atoms with E-state index < -0.39 is 0 Å². The van der Waals surface area contributed by atoms with E-state index in [2.05, 4.69) is 0 Å². The number of nitrogens with zero attached hydrogens (tertiary/aromatic N) is 4. The number of carbonyl (C=O) groups is 1. The second-order valence-corrected chi connectivity index (χ2v) is 6.90. The van der Waals surface area contributed by atoms with Crippen LogP contribution in [0.15, 0.2) is 29.2 Å². The van der Waals surface area contributed by atoms with Crippen LogP contribution in [0.5, 0.6) is 0 Å². The number of hydrogen-bond acceptors (Lipinski definition) is 5. The number of likely N-dealkylation sites (N-methyl/N-ethyl adjacent to an activating group) is 3. The minimum absolute atomic E-state index is 0.0894. The molecule has 0 atom stereocenters. The minimum atomic E-state index is -0.185. The monoisotopic (exact) mass is 362 g/mol. The second-order valence-electron chi connectivity index (χ2n) is 5.54. The molecule has 6 nitrogen and oxygen atoms in total. The van der Waals surface area contributed by atoms with Gasteiger partial charge in [0.1, 0.15) is 14.9 Å². The van der Waals surface area contributed by atoms with Gasteiger partial charge in [-0.15, -0.1) is 11.3 Å². The zero-order valence-corrected chi connectivity index (χ0v) is 15.6. The summed E-state index contributed by atoms with van der Waals surface area (Å²) in [5, 5.41) is 0.435. The number of amides is 1. The van der Waals surface area contributed by atoms with Crippen molar-refractivity contribution in [3.8, 4) is 0 Å². The van der Waals surface area contributed by atoms with Gasteiger partial charge in [-0.1, -0.05) is 6.08 Å². The van der Waals surface area contributed by atoms with E-state index >= 15 is 0 Å². The van der Waals surface area contributed by atoms with Crippen LogP contribution in [-0.2, 0) is 11.3 Å². The lowest BCUT2D eigenvalue weighted by Crippen LogP contribution is -2.35.